The Kier molecular flexibility index (Phi) is 6.13. The van der Waals surface area contributed by atoms with Crippen LogP contribution in [0.3, 0.4) is 0 Å². The zero-order valence-corrected chi connectivity index (χ0v) is 16.3. The molecular formula is C21H25N3O4. The van der Waals surface area contributed by atoms with E-state index >= 15 is 0 Å². The molecule has 1 saturated carbocycles. The van der Waals surface area contributed by atoms with Gasteiger partial charge < -0.3 is 19.7 Å². The van der Waals surface area contributed by atoms with Gasteiger partial charge in [0.15, 0.2) is 11.5 Å². The molecule has 1 aromatic carbocycles. The van der Waals surface area contributed by atoms with Crippen LogP contribution in [0, 0.1) is 11.8 Å². The Balaban J connectivity index is 1.51. The summed E-state index contributed by atoms with van der Waals surface area (Å²) in [4.78, 5) is 30.8. The van der Waals surface area contributed by atoms with Crippen LogP contribution in [0.15, 0.2) is 42.7 Å². The molecule has 1 N–H and O–H groups in total. The SMILES string of the molecule is COc1ccc(NC(=O)C2CC2C(=O)N(C)CCc2ccncc2)cc1OC. The number of aromatic nitrogens is 1. The van der Waals surface area contributed by atoms with E-state index in [1.807, 2.05) is 12.1 Å². The minimum absolute atomic E-state index is 0.0153. The Morgan fingerprint density at radius 1 is 1.11 bits per heavy atom. The fourth-order valence-corrected chi connectivity index (χ4v) is 3.15. The molecule has 2 atom stereocenters. The molecule has 2 amide bonds. The molecule has 1 aliphatic carbocycles. The number of carbonyl (C=O) groups excluding carboxylic acids is 2. The van der Waals surface area contributed by atoms with E-state index < -0.39 is 0 Å². The van der Waals surface area contributed by atoms with Gasteiger partial charge in [0.2, 0.25) is 11.8 Å². The molecule has 28 heavy (non-hydrogen) atoms. The van der Waals surface area contributed by atoms with Gasteiger partial charge in [-0.05, 0) is 42.7 Å². The van der Waals surface area contributed by atoms with Gasteiger partial charge in [-0.3, -0.25) is 14.6 Å². The second-order valence-electron chi connectivity index (χ2n) is 6.87. The van der Waals surface area contributed by atoms with Crippen molar-refractivity contribution in [2.24, 2.45) is 11.8 Å². The maximum absolute atomic E-state index is 12.6. The lowest BCUT2D eigenvalue weighted by molar-refractivity contribution is -0.132. The van der Waals surface area contributed by atoms with Crippen molar-refractivity contribution in [3.05, 3.63) is 48.3 Å². The number of hydrogen-bond acceptors (Lipinski definition) is 5. The van der Waals surface area contributed by atoms with E-state index in [1.54, 1.807) is 56.8 Å². The average Bonchev–Trinajstić information content (AvgIpc) is 3.53. The van der Waals surface area contributed by atoms with E-state index in [9.17, 15) is 9.59 Å². The highest BCUT2D eigenvalue weighted by Gasteiger charge is 2.49. The number of benzene rings is 1. The minimum atomic E-state index is -0.288. The number of nitrogens with one attached hydrogen (secondary N) is 1. The highest BCUT2D eigenvalue weighted by Crippen LogP contribution is 2.41. The van der Waals surface area contributed by atoms with Gasteiger partial charge >= 0.3 is 0 Å². The van der Waals surface area contributed by atoms with Gasteiger partial charge in [0.25, 0.3) is 0 Å². The first-order chi connectivity index (χ1) is 13.5. The van der Waals surface area contributed by atoms with Crippen LogP contribution in [0.5, 0.6) is 11.5 Å². The topological polar surface area (TPSA) is 80.8 Å². The van der Waals surface area contributed by atoms with Crippen molar-refractivity contribution in [1.29, 1.82) is 0 Å². The van der Waals surface area contributed by atoms with Gasteiger partial charge in [0.1, 0.15) is 0 Å². The third-order valence-corrected chi connectivity index (χ3v) is 4.96. The Hall–Kier alpha value is -3.09. The summed E-state index contributed by atoms with van der Waals surface area (Å²) in [5.74, 6) is 0.469. The zero-order chi connectivity index (χ0) is 20.1. The van der Waals surface area contributed by atoms with Gasteiger partial charge in [0.05, 0.1) is 26.1 Å². The standard InChI is InChI=1S/C21H25N3O4/c1-24(11-8-14-6-9-22-10-7-14)21(26)17-13-16(17)20(25)23-15-4-5-18(27-2)19(12-15)28-3/h4-7,9-10,12,16-17H,8,11,13H2,1-3H3,(H,23,25). The predicted octanol–water partition coefficient (Wildman–Crippen LogP) is 2.37. The molecule has 1 aromatic heterocycles. The fraction of sp³-hybridized carbons (Fsp3) is 0.381. The van der Waals surface area contributed by atoms with Crippen LogP contribution >= 0.6 is 0 Å². The number of pyridine rings is 1. The van der Waals surface area contributed by atoms with E-state index in [-0.39, 0.29) is 23.7 Å². The predicted molar refractivity (Wildman–Crippen MR) is 105 cm³/mol. The molecule has 0 bridgehead atoms. The van der Waals surface area contributed by atoms with Crippen molar-refractivity contribution in [3.8, 4) is 11.5 Å². The van der Waals surface area contributed by atoms with Crippen molar-refractivity contribution in [2.75, 3.05) is 33.1 Å². The Morgan fingerprint density at radius 3 is 2.50 bits per heavy atom. The van der Waals surface area contributed by atoms with E-state index in [1.165, 1.54) is 0 Å². The van der Waals surface area contributed by atoms with Crippen molar-refractivity contribution in [3.63, 3.8) is 0 Å². The van der Waals surface area contributed by atoms with Crippen LogP contribution in [0.4, 0.5) is 5.69 Å². The summed E-state index contributed by atoms with van der Waals surface area (Å²) in [7, 11) is 4.88. The highest BCUT2D eigenvalue weighted by molar-refractivity contribution is 5.99. The number of rotatable bonds is 8. The highest BCUT2D eigenvalue weighted by atomic mass is 16.5. The molecule has 2 aromatic rings. The summed E-state index contributed by atoms with van der Waals surface area (Å²) in [5, 5.41) is 2.86. The second-order valence-corrected chi connectivity index (χ2v) is 6.87. The van der Waals surface area contributed by atoms with Crippen LogP contribution in [-0.4, -0.2) is 49.5 Å². The van der Waals surface area contributed by atoms with Crippen LogP contribution < -0.4 is 14.8 Å². The van der Waals surface area contributed by atoms with Crippen molar-refractivity contribution in [1.82, 2.24) is 9.88 Å². The lowest BCUT2D eigenvalue weighted by Crippen LogP contribution is -2.31. The lowest BCUT2D eigenvalue weighted by Gasteiger charge is -2.17. The Labute approximate surface area is 164 Å². The molecule has 1 fully saturated rings. The molecule has 2 unspecified atom stereocenters. The maximum atomic E-state index is 12.6. The van der Waals surface area contributed by atoms with E-state index in [0.717, 1.165) is 12.0 Å². The molecule has 7 nitrogen and oxygen atoms in total. The molecule has 0 aliphatic heterocycles. The summed E-state index contributed by atoms with van der Waals surface area (Å²) in [6, 6.07) is 9.07. The molecule has 0 saturated heterocycles. The number of methoxy groups -OCH3 is 2. The van der Waals surface area contributed by atoms with Crippen molar-refractivity contribution < 1.29 is 19.1 Å². The monoisotopic (exact) mass is 383 g/mol. The minimum Gasteiger partial charge on any atom is -0.493 e. The summed E-state index contributed by atoms with van der Waals surface area (Å²) in [6.07, 6.45) is 4.83. The van der Waals surface area contributed by atoms with Gasteiger partial charge in [0, 0.05) is 37.7 Å². The largest absolute Gasteiger partial charge is 0.493 e. The zero-order valence-electron chi connectivity index (χ0n) is 16.3. The van der Waals surface area contributed by atoms with Crippen LogP contribution in [0.2, 0.25) is 0 Å². The van der Waals surface area contributed by atoms with E-state index in [4.69, 9.17) is 9.47 Å². The van der Waals surface area contributed by atoms with Gasteiger partial charge in [-0.2, -0.15) is 0 Å². The summed E-state index contributed by atoms with van der Waals surface area (Å²) >= 11 is 0. The summed E-state index contributed by atoms with van der Waals surface area (Å²) < 4.78 is 10.4. The molecule has 3 rings (SSSR count). The molecule has 0 spiro atoms. The fourth-order valence-electron chi connectivity index (χ4n) is 3.15. The number of anilines is 1. The number of hydrogen-bond donors (Lipinski definition) is 1. The smallest absolute Gasteiger partial charge is 0.228 e. The van der Waals surface area contributed by atoms with Crippen molar-refractivity contribution >= 4 is 17.5 Å². The summed E-state index contributed by atoms with van der Waals surface area (Å²) in [5.41, 5.74) is 1.75. The van der Waals surface area contributed by atoms with E-state index in [2.05, 4.69) is 10.3 Å². The lowest BCUT2D eigenvalue weighted by atomic mass is 10.2. The number of carbonyl (C=O) groups is 2. The van der Waals surface area contributed by atoms with Crippen LogP contribution in [-0.2, 0) is 16.0 Å². The molecule has 148 valence electrons. The maximum Gasteiger partial charge on any atom is 0.228 e. The second kappa shape index (κ2) is 8.73. The third kappa shape index (κ3) is 4.60. The van der Waals surface area contributed by atoms with Gasteiger partial charge in [-0.25, -0.2) is 0 Å². The number of amides is 2. The molecule has 1 heterocycles. The van der Waals surface area contributed by atoms with Gasteiger partial charge in [-0.15, -0.1) is 0 Å². The van der Waals surface area contributed by atoms with Gasteiger partial charge in [-0.1, -0.05) is 0 Å². The van der Waals surface area contributed by atoms with Crippen LogP contribution in [0.1, 0.15) is 12.0 Å². The first-order valence-corrected chi connectivity index (χ1v) is 9.20. The number of likely N-dealkylation sites (N-methyl/N-ethyl adjacent to an activating group) is 1. The first kappa shape index (κ1) is 19.7. The van der Waals surface area contributed by atoms with Crippen molar-refractivity contribution in [2.45, 2.75) is 12.8 Å². The Bertz CT molecular complexity index is 841. The molecule has 1 aliphatic rings. The molecule has 0 radical (unpaired) electrons. The quantitative estimate of drug-likeness (QED) is 0.757. The molecule has 7 heteroatoms. The summed E-state index contributed by atoms with van der Waals surface area (Å²) in [6.45, 7) is 0.614. The normalized spacial score (nSPS) is 17.5. The number of ether oxygens (including phenoxy) is 2. The van der Waals surface area contributed by atoms with Crippen LogP contribution in [0.25, 0.3) is 0 Å². The van der Waals surface area contributed by atoms with E-state index in [0.29, 0.717) is 30.2 Å². The third-order valence-electron chi connectivity index (χ3n) is 4.96. The average molecular weight is 383 g/mol. The molecular weight excluding hydrogens is 358 g/mol. The first-order valence-electron chi connectivity index (χ1n) is 9.20. The number of nitrogens with zero attached hydrogens (tertiary/aromatic N) is 2. The Morgan fingerprint density at radius 2 is 1.82 bits per heavy atom.